The molecular weight excluding hydrogens is 120 g/mol. The molecule has 1 fully saturated rings. The molecule has 0 N–H and O–H groups in total. The molecule has 54 valence electrons. The molecule has 0 bridgehead atoms. The van der Waals surface area contributed by atoms with Crippen LogP contribution in [-0.2, 0) is 0 Å². The van der Waals surface area contributed by atoms with Gasteiger partial charge in [0.25, 0.3) is 0 Å². The Hall–Kier alpha value is -0.520. The second-order valence-electron chi connectivity index (χ2n) is 3.39. The molecule has 2 rings (SSSR count). The zero-order valence-corrected chi connectivity index (χ0v) is 6.34. The van der Waals surface area contributed by atoms with Gasteiger partial charge in [0.2, 0.25) is 0 Å². The van der Waals surface area contributed by atoms with Crippen molar-refractivity contribution in [1.29, 1.82) is 0 Å². The summed E-state index contributed by atoms with van der Waals surface area (Å²) < 4.78 is 0. The molecule has 1 saturated carbocycles. The molecule has 0 aromatic carbocycles. The van der Waals surface area contributed by atoms with Crippen LogP contribution in [-0.4, -0.2) is 0 Å². The molecule has 2 aliphatic rings. The Balaban J connectivity index is 1.93. The van der Waals surface area contributed by atoms with E-state index in [0.29, 0.717) is 0 Å². The molecule has 0 nitrogen and oxygen atoms in total. The summed E-state index contributed by atoms with van der Waals surface area (Å²) in [5.74, 6) is 0.931. The van der Waals surface area contributed by atoms with Gasteiger partial charge in [0.05, 0.1) is 0 Å². The summed E-state index contributed by atoms with van der Waals surface area (Å²) in [6.45, 7) is 0. The predicted molar refractivity (Wildman–Crippen MR) is 43.8 cm³/mol. The number of allylic oxidation sites excluding steroid dienone is 4. The van der Waals surface area contributed by atoms with Crippen LogP contribution in [0.15, 0.2) is 23.8 Å². The monoisotopic (exact) mass is 134 g/mol. The van der Waals surface area contributed by atoms with Gasteiger partial charge >= 0.3 is 0 Å². The number of rotatable bonds is 1. The lowest BCUT2D eigenvalue weighted by molar-refractivity contribution is 0.679. The highest BCUT2D eigenvalue weighted by atomic mass is 14.2. The molecule has 0 aromatic heterocycles. The summed E-state index contributed by atoms with van der Waals surface area (Å²) in [6.07, 6.45) is 14.0. The lowest BCUT2D eigenvalue weighted by atomic mass is 9.96. The second kappa shape index (κ2) is 2.61. The van der Waals surface area contributed by atoms with Crippen LogP contribution < -0.4 is 0 Å². The molecule has 0 radical (unpaired) electrons. The molecule has 0 saturated heterocycles. The van der Waals surface area contributed by atoms with Crippen molar-refractivity contribution < 1.29 is 0 Å². The average Bonchev–Trinajstić information content (AvgIpc) is 2.29. The Labute approximate surface area is 62.6 Å². The molecule has 2 aliphatic carbocycles. The Bertz CT molecular complexity index is 168. The minimum atomic E-state index is 0.931. The van der Waals surface area contributed by atoms with Crippen LogP contribution in [0.4, 0.5) is 0 Å². The van der Waals surface area contributed by atoms with E-state index in [9.17, 15) is 0 Å². The number of hydrogen-bond acceptors (Lipinski definition) is 0. The van der Waals surface area contributed by atoms with Crippen molar-refractivity contribution in [2.24, 2.45) is 5.92 Å². The molecule has 0 aliphatic heterocycles. The maximum Gasteiger partial charge on any atom is -0.00974 e. The smallest absolute Gasteiger partial charge is 0.00974 e. The minimum absolute atomic E-state index is 0.931. The maximum atomic E-state index is 2.48. The van der Waals surface area contributed by atoms with Crippen LogP contribution in [0.3, 0.4) is 0 Å². The predicted octanol–water partition coefficient (Wildman–Crippen LogP) is 3.06. The van der Waals surface area contributed by atoms with E-state index < -0.39 is 0 Å². The normalized spacial score (nSPS) is 29.4. The van der Waals surface area contributed by atoms with E-state index in [0.717, 1.165) is 5.92 Å². The third kappa shape index (κ3) is 1.16. The van der Waals surface area contributed by atoms with Gasteiger partial charge in [-0.2, -0.15) is 0 Å². The molecular formula is C10H14. The van der Waals surface area contributed by atoms with E-state index in [2.05, 4.69) is 18.2 Å². The van der Waals surface area contributed by atoms with Crippen molar-refractivity contribution in [3.63, 3.8) is 0 Å². The van der Waals surface area contributed by atoms with Gasteiger partial charge < -0.3 is 0 Å². The van der Waals surface area contributed by atoms with Crippen molar-refractivity contribution in [3.8, 4) is 0 Å². The third-order valence-electron chi connectivity index (χ3n) is 2.54. The first kappa shape index (κ1) is 6.21. The van der Waals surface area contributed by atoms with Crippen LogP contribution in [0.5, 0.6) is 0 Å². The Morgan fingerprint density at radius 2 is 2.00 bits per heavy atom. The average molecular weight is 134 g/mol. The lowest BCUT2D eigenvalue weighted by Gasteiger charge is -2.09. The zero-order valence-electron chi connectivity index (χ0n) is 6.34. The van der Waals surface area contributed by atoms with Gasteiger partial charge in [-0.15, -0.1) is 0 Å². The van der Waals surface area contributed by atoms with Crippen LogP contribution in [0.1, 0.15) is 32.1 Å². The molecule has 0 unspecified atom stereocenters. The fourth-order valence-electron chi connectivity index (χ4n) is 1.80. The second-order valence-corrected chi connectivity index (χ2v) is 3.39. The summed E-state index contributed by atoms with van der Waals surface area (Å²) in [5.41, 5.74) is 1.58. The first-order chi connectivity index (χ1) is 4.95. The summed E-state index contributed by atoms with van der Waals surface area (Å²) in [5, 5.41) is 0. The van der Waals surface area contributed by atoms with E-state index in [1.807, 2.05) is 0 Å². The van der Waals surface area contributed by atoms with Crippen molar-refractivity contribution in [3.05, 3.63) is 23.8 Å². The Morgan fingerprint density at radius 1 is 1.30 bits per heavy atom. The van der Waals surface area contributed by atoms with Crippen molar-refractivity contribution >= 4 is 0 Å². The first-order valence-corrected chi connectivity index (χ1v) is 4.32. The van der Waals surface area contributed by atoms with Gasteiger partial charge in [-0.3, -0.25) is 0 Å². The number of hydrogen-bond donors (Lipinski definition) is 0. The van der Waals surface area contributed by atoms with Gasteiger partial charge in [0.15, 0.2) is 0 Å². The minimum Gasteiger partial charge on any atom is -0.0799 e. The topological polar surface area (TPSA) is 0 Å². The van der Waals surface area contributed by atoms with Crippen LogP contribution >= 0.6 is 0 Å². The SMILES string of the molecule is C1=C/C(=C\C2CCCC2)C1. The van der Waals surface area contributed by atoms with E-state index in [1.165, 1.54) is 32.1 Å². The van der Waals surface area contributed by atoms with E-state index in [-0.39, 0.29) is 0 Å². The summed E-state index contributed by atoms with van der Waals surface area (Å²) in [7, 11) is 0. The van der Waals surface area contributed by atoms with Crippen molar-refractivity contribution in [2.75, 3.05) is 0 Å². The van der Waals surface area contributed by atoms with Gasteiger partial charge in [0, 0.05) is 0 Å². The fraction of sp³-hybridized carbons (Fsp3) is 0.600. The summed E-state index contributed by atoms with van der Waals surface area (Å²) >= 11 is 0. The van der Waals surface area contributed by atoms with Gasteiger partial charge in [-0.1, -0.05) is 31.1 Å². The zero-order chi connectivity index (χ0) is 6.81. The lowest BCUT2D eigenvalue weighted by Crippen LogP contribution is -1.93. The van der Waals surface area contributed by atoms with Crippen LogP contribution in [0.2, 0.25) is 0 Å². The van der Waals surface area contributed by atoms with Gasteiger partial charge in [-0.05, 0) is 30.8 Å². The van der Waals surface area contributed by atoms with Crippen molar-refractivity contribution in [1.82, 2.24) is 0 Å². The van der Waals surface area contributed by atoms with Gasteiger partial charge in [0.1, 0.15) is 0 Å². The molecule has 10 heavy (non-hydrogen) atoms. The third-order valence-corrected chi connectivity index (χ3v) is 2.54. The van der Waals surface area contributed by atoms with Crippen LogP contribution in [0.25, 0.3) is 0 Å². The molecule has 0 aromatic rings. The van der Waals surface area contributed by atoms with E-state index in [1.54, 1.807) is 5.57 Å². The molecule has 0 heteroatoms. The summed E-state index contributed by atoms with van der Waals surface area (Å²) in [4.78, 5) is 0. The Kier molecular flexibility index (Phi) is 1.62. The Morgan fingerprint density at radius 3 is 2.50 bits per heavy atom. The molecule has 0 atom stereocenters. The molecule has 0 spiro atoms. The van der Waals surface area contributed by atoms with E-state index in [4.69, 9.17) is 0 Å². The molecule has 0 heterocycles. The highest BCUT2D eigenvalue weighted by molar-refractivity contribution is 5.31. The maximum absolute atomic E-state index is 2.48. The summed E-state index contributed by atoms with van der Waals surface area (Å²) in [6, 6.07) is 0. The van der Waals surface area contributed by atoms with Crippen LogP contribution in [0, 0.1) is 5.92 Å². The largest absolute Gasteiger partial charge is 0.0799 e. The molecule has 0 amide bonds. The van der Waals surface area contributed by atoms with E-state index >= 15 is 0 Å². The first-order valence-electron chi connectivity index (χ1n) is 4.32. The standard InChI is InChI=1S/C10H14/c1-2-5-9(4-1)8-10-6-3-7-10/h3,6,8-9H,1-2,4-5,7H2/b10-8+. The van der Waals surface area contributed by atoms with Gasteiger partial charge in [-0.25, -0.2) is 0 Å². The highest BCUT2D eigenvalue weighted by Gasteiger charge is 2.13. The van der Waals surface area contributed by atoms with Crippen molar-refractivity contribution in [2.45, 2.75) is 32.1 Å². The quantitative estimate of drug-likeness (QED) is 0.517. The fourth-order valence-corrected chi connectivity index (χ4v) is 1.80. The highest BCUT2D eigenvalue weighted by Crippen LogP contribution is 2.29.